The zero-order chi connectivity index (χ0) is 36.8. The molecule has 0 fully saturated rings. The Kier molecular flexibility index (Phi) is 14.5. The molecule has 0 saturated carbocycles. The van der Waals surface area contributed by atoms with Crippen molar-refractivity contribution in [1.82, 2.24) is 0 Å². The van der Waals surface area contributed by atoms with E-state index in [2.05, 4.69) is 129 Å². The van der Waals surface area contributed by atoms with E-state index in [0.29, 0.717) is 5.75 Å². The first kappa shape index (κ1) is 39.3. The molecule has 0 unspecified atom stereocenters. The number of aromatic hydroxyl groups is 1. The van der Waals surface area contributed by atoms with Crippen LogP contribution in [-0.4, -0.2) is 11.7 Å². The molecule has 0 bridgehead atoms. The molecule has 1 heterocycles. The van der Waals surface area contributed by atoms with E-state index in [-0.39, 0.29) is 5.41 Å². The molecule has 0 amide bonds. The molecule has 5 rings (SSSR count). The van der Waals surface area contributed by atoms with Crippen LogP contribution < -0.4 is 15.6 Å². The average Bonchev–Trinajstić information content (AvgIpc) is 3.53. The van der Waals surface area contributed by atoms with Crippen LogP contribution in [0, 0.1) is 0 Å². The van der Waals surface area contributed by atoms with Crippen molar-refractivity contribution in [2.24, 2.45) is 0 Å². The van der Waals surface area contributed by atoms with Crippen molar-refractivity contribution in [2.75, 3.05) is 22.1 Å². The Labute approximate surface area is 316 Å². The minimum absolute atomic E-state index is 0.230. The van der Waals surface area contributed by atoms with Gasteiger partial charge in [0.1, 0.15) is 5.75 Å². The number of hydrogen-bond donors (Lipinski definition) is 2. The second-order valence-corrected chi connectivity index (χ2v) is 16.3. The van der Waals surface area contributed by atoms with E-state index in [1.165, 1.54) is 119 Å². The van der Waals surface area contributed by atoms with Crippen LogP contribution in [0.15, 0.2) is 97.1 Å². The van der Waals surface area contributed by atoms with E-state index in [0.717, 1.165) is 29.9 Å². The monoisotopic (exact) mass is 702 g/mol. The highest BCUT2D eigenvalue weighted by atomic mass is 16.3. The van der Waals surface area contributed by atoms with E-state index < -0.39 is 5.41 Å². The quantitative estimate of drug-likeness (QED) is 0.0800. The maximum Gasteiger partial charge on any atom is 0.119 e. The van der Waals surface area contributed by atoms with Crippen LogP contribution in [0.3, 0.4) is 0 Å². The molecule has 4 nitrogen and oxygen atoms in total. The number of para-hydroxylation sites is 3. The molecule has 52 heavy (non-hydrogen) atoms. The minimum Gasteiger partial charge on any atom is -0.508 e. The molecule has 0 saturated heterocycles. The van der Waals surface area contributed by atoms with Gasteiger partial charge in [0.05, 0.1) is 17.1 Å². The van der Waals surface area contributed by atoms with Gasteiger partial charge in [-0.05, 0) is 53.4 Å². The van der Waals surface area contributed by atoms with Gasteiger partial charge in [-0.1, -0.05) is 198 Å². The molecular formula is C48H67N3O. The van der Waals surface area contributed by atoms with Gasteiger partial charge in [0.15, 0.2) is 0 Å². The minimum atomic E-state index is -0.422. The van der Waals surface area contributed by atoms with Gasteiger partial charge in [-0.2, -0.15) is 5.12 Å². The second kappa shape index (κ2) is 19.2. The van der Waals surface area contributed by atoms with Crippen molar-refractivity contribution in [3.8, 4) is 5.75 Å². The summed E-state index contributed by atoms with van der Waals surface area (Å²) in [6, 6.07) is 34.3. The summed E-state index contributed by atoms with van der Waals surface area (Å²) in [5.74, 6) is 0.332. The fourth-order valence-electron chi connectivity index (χ4n) is 7.94. The Morgan fingerprint density at radius 3 is 1.62 bits per heavy atom. The Morgan fingerprint density at radius 1 is 0.519 bits per heavy atom. The van der Waals surface area contributed by atoms with Gasteiger partial charge in [-0.3, -0.25) is 10.4 Å². The van der Waals surface area contributed by atoms with Crippen molar-refractivity contribution in [1.29, 1.82) is 0 Å². The lowest BCUT2D eigenvalue weighted by molar-refractivity contribution is 0.453. The molecule has 280 valence electrons. The third-order valence-electron chi connectivity index (χ3n) is 11.6. The number of phenolic OH excluding ortho intramolecular Hbond substituents is 1. The maximum atomic E-state index is 11.0. The average molecular weight is 702 g/mol. The van der Waals surface area contributed by atoms with Crippen LogP contribution in [0.5, 0.6) is 5.75 Å². The third-order valence-corrected chi connectivity index (χ3v) is 11.6. The Morgan fingerprint density at radius 2 is 1.02 bits per heavy atom. The summed E-state index contributed by atoms with van der Waals surface area (Å²) in [6.07, 6.45) is 22.0. The highest BCUT2D eigenvalue weighted by molar-refractivity contribution is 5.81. The summed E-state index contributed by atoms with van der Waals surface area (Å²) in [6.45, 7) is 12.3. The zero-order valence-electron chi connectivity index (χ0n) is 33.1. The standard InChI is InChI=1S/C48H67N3O/c1-6-7-8-9-10-11-12-13-14-15-16-17-18-19-20-28-35-50-45-33-26-25-32-44(45)49-51(50)42-37-40(47(2,3)39-29-22-21-23-30-39)36-41(38-42)48(4,5)43-31-24-27-34-46(43)52/h21-27,29-34,36-38,49,52H,6-20,28,35H2,1-5H3. The molecule has 0 spiro atoms. The predicted octanol–water partition coefficient (Wildman–Crippen LogP) is 13.9. The first-order chi connectivity index (χ1) is 25.2. The van der Waals surface area contributed by atoms with E-state index in [1.54, 1.807) is 6.07 Å². The Hall–Kier alpha value is -3.92. The van der Waals surface area contributed by atoms with Crippen LogP contribution in [0.2, 0.25) is 0 Å². The van der Waals surface area contributed by atoms with Crippen LogP contribution in [0.25, 0.3) is 0 Å². The van der Waals surface area contributed by atoms with Crippen molar-refractivity contribution >= 4 is 17.1 Å². The molecule has 0 aliphatic carbocycles. The molecule has 1 aliphatic rings. The summed E-state index contributed by atoms with van der Waals surface area (Å²) in [7, 11) is 0. The fourth-order valence-corrected chi connectivity index (χ4v) is 7.94. The van der Waals surface area contributed by atoms with E-state index in [4.69, 9.17) is 0 Å². The van der Waals surface area contributed by atoms with Gasteiger partial charge in [-0.25, -0.2) is 0 Å². The van der Waals surface area contributed by atoms with Gasteiger partial charge in [-0.15, -0.1) is 0 Å². The number of nitrogens with one attached hydrogen (secondary N) is 1. The second-order valence-electron chi connectivity index (χ2n) is 16.3. The van der Waals surface area contributed by atoms with Crippen molar-refractivity contribution < 1.29 is 5.11 Å². The maximum absolute atomic E-state index is 11.0. The number of fused-ring (bicyclic) bond motifs is 1. The number of nitrogens with zero attached hydrogens (tertiary/aromatic N) is 2. The Bertz CT molecular complexity index is 1640. The third kappa shape index (κ3) is 10.1. The SMILES string of the molecule is CCCCCCCCCCCCCCCCCCN1c2ccccc2NN1c1cc(C(C)(C)c2ccccc2)cc(C(C)(C)c2ccccc2O)c1. The van der Waals surface area contributed by atoms with Gasteiger partial charge in [0, 0.05) is 22.9 Å². The van der Waals surface area contributed by atoms with Gasteiger partial charge in [0.2, 0.25) is 0 Å². The lowest BCUT2D eigenvalue weighted by atomic mass is 9.73. The van der Waals surface area contributed by atoms with E-state index >= 15 is 0 Å². The number of phenols is 1. The molecule has 0 aromatic heterocycles. The van der Waals surface area contributed by atoms with Crippen molar-refractivity contribution in [3.05, 3.63) is 119 Å². The predicted molar refractivity (Wildman–Crippen MR) is 225 cm³/mol. The van der Waals surface area contributed by atoms with Crippen molar-refractivity contribution in [2.45, 2.75) is 148 Å². The number of hydrazine groups is 2. The number of anilines is 3. The van der Waals surface area contributed by atoms with Gasteiger partial charge in [0.25, 0.3) is 0 Å². The summed E-state index contributed by atoms with van der Waals surface area (Å²) >= 11 is 0. The van der Waals surface area contributed by atoms with E-state index in [1.807, 2.05) is 12.1 Å². The smallest absolute Gasteiger partial charge is 0.119 e. The number of hydrogen-bond acceptors (Lipinski definition) is 4. The fraction of sp³-hybridized carbons (Fsp3) is 0.500. The summed E-state index contributed by atoms with van der Waals surface area (Å²) < 4.78 is 0. The largest absolute Gasteiger partial charge is 0.508 e. The molecule has 0 radical (unpaired) electrons. The first-order valence-corrected chi connectivity index (χ1v) is 20.7. The normalized spacial score (nSPS) is 13.0. The Balaban J connectivity index is 1.24. The highest BCUT2D eigenvalue weighted by Crippen LogP contribution is 2.44. The van der Waals surface area contributed by atoms with Gasteiger partial charge < -0.3 is 5.11 Å². The molecule has 4 aromatic carbocycles. The molecular weight excluding hydrogens is 635 g/mol. The van der Waals surface area contributed by atoms with Crippen LogP contribution in [-0.2, 0) is 10.8 Å². The lowest BCUT2D eigenvalue weighted by Crippen LogP contribution is -2.43. The zero-order valence-corrected chi connectivity index (χ0v) is 33.1. The highest BCUT2D eigenvalue weighted by Gasteiger charge is 2.33. The summed E-state index contributed by atoms with van der Waals surface area (Å²) in [5.41, 5.74) is 11.2. The molecule has 1 aliphatic heterocycles. The van der Waals surface area contributed by atoms with Crippen LogP contribution >= 0.6 is 0 Å². The topological polar surface area (TPSA) is 38.7 Å². The summed E-state index contributed by atoms with van der Waals surface area (Å²) in [4.78, 5) is 0. The van der Waals surface area contributed by atoms with Crippen LogP contribution in [0.1, 0.15) is 160 Å². The van der Waals surface area contributed by atoms with Crippen LogP contribution in [0.4, 0.5) is 17.1 Å². The number of rotatable bonds is 22. The lowest BCUT2D eigenvalue weighted by Gasteiger charge is -2.36. The first-order valence-electron chi connectivity index (χ1n) is 20.7. The number of unbranched alkanes of at least 4 members (excludes halogenated alkanes) is 15. The number of benzene rings is 4. The van der Waals surface area contributed by atoms with E-state index in [9.17, 15) is 5.11 Å². The molecule has 4 heteroatoms. The van der Waals surface area contributed by atoms with Crippen molar-refractivity contribution in [3.63, 3.8) is 0 Å². The molecule has 2 N–H and O–H groups in total. The molecule has 4 aromatic rings. The molecule has 0 atom stereocenters. The summed E-state index contributed by atoms with van der Waals surface area (Å²) in [5, 5.41) is 15.7. The van der Waals surface area contributed by atoms with Gasteiger partial charge >= 0.3 is 0 Å².